The molecule has 1 heterocycles. The number of para-hydroxylation sites is 1. The van der Waals surface area contributed by atoms with Gasteiger partial charge < -0.3 is 24.3 Å². The van der Waals surface area contributed by atoms with Gasteiger partial charge in [0.05, 0.1) is 34.1 Å². The number of amides is 1. The minimum atomic E-state index is -0.213. The predicted molar refractivity (Wildman–Crippen MR) is 94.2 cm³/mol. The number of hydrogen-bond acceptors (Lipinski definition) is 5. The van der Waals surface area contributed by atoms with Crippen molar-refractivity contribution in [3.63, 3.8) is 0 Å². The molecule has 2 aromatic rings. The van der Waals surface area contributed by atoms with Gasteiger partial charge in [-0.1, -0.05) is 18.2 Å². The number of anilines is 1. The second kappa shape index (κ2) is 6.93. The van der Waals surface area contributed by atoms with Crippen LogP contribution in [0.1, 0.15) is 23.5 Å². The summed E-state index contributed by atoms with van der Waals surface area (Å²) in [6.45, 7) is 0. The molecule has 0 radical (unpaired) electrons. The maximum atomic E-state index is 12.3. The van der Waals surface area contributed by atoms with Crippen LogP contribution in [0.15, 0.2) is 30.3 Å². The lowest BCUT2D eigenvalue weighted by Crippen LogP contribution is -2.24. The number of benzene rings is 2. The molecule has 6 heteroatoms. The number of hydrogen-bond donors (Lipinski definition) is 1. The van der Waals surface area contributed by atoms with E-state index < -0.39 is 0 Å². The zero-order chi connectivity index (χ0) is 18.0. The molecule has 0 aliphatic carbocycles. The van der Waals surface area contributed by atoms with Crippen LogP contribution in [0.2, 0.25) is 0 Å². The fraction of sp³-hybridized carbons (Fsp3) is 0.316. The highest BCUT2D eigenvalue weighted by atomic mass is 16.5. The first-order valence-electron chi connectivity index (χ1n) is 7.90. The first-order valence-corrected chi connectivity index (χ1v) is 7.90. The predicted octanol–water partition coefficient (Wildman–Crippen LogP) is 3.20. The zero-order valence-corrected chi connectivity index (χ0v) is 14.7. The highest BCUT2D eigenvalue weighted by Crippen LogP contribution is 2.52. The van der Waals surface area contributed by atoms with E-state index in [9.17, 15) is 4.79 Å². The first-order chi connectivity index (χ1) is 12.1. The second-order valence-electron chi connectivity index (χ2n) is 5.65. The van der Waals surface area contributed by atoms with E-state index >= 15 is 0 Å². The summed E-state index contributed by atoms with van der Waals surface area (Å²) in [5.41, 5.74) is 2.43. The van der Waals surface area contributed by atoms with Crippen molar-refractivity contribution >= 4 is 11.6 Å². The number of fused-ring (bicyclic) bond motifs is 1. The number of carbonyl (C=O) groups is 1. The Morgan fingerprint density at radius 2 is 1.60 bits per heavy atom. The average Bonchev–Trinajstić information content (AvgIpc) is 2.65. The van der Waals surface area contributed by atoms with Crippen molar-refractivity contribution < 1.29 is 23.7 Å². The van der Waals surface area contributed by atoms with Crippen molar-refractivity contribution in [2.45, 2.75) is 12.3 Å². The van der Waals surface area contributed by atoms with Crippen molar-refractivity contribution in [3.8, 4) is 23.0 Å². The van der Waals surface area contributed by atoms with Crippen molar-refractivity contribution in [1.82, 2.24) is 0 Å². The summed E-state index contributed by atoms with van der Waals surface area (Å²) in [6, 6.07) is 9.43. The fourth-order valence-electron chi connectivity index (χ4n) is 3.34. The molecule has 1 amide bonds. The minimum absolute atomic E-state index is 0.0716. The highest BCUT2D eigenvalue weighted by molar-refractivity contribution is 5.97. The molecule has 1 N–H and O–H groups in total. The van der Waals surface area contributed by atoms with E-state index in [-0.39, 0.29) is 11.8 Å². The van der Waals surface area contributed by atoms with Gasteiger partial charge in [-0.2, -0.15) is 0 Å². The van der Waals surface area contributed by atoms with Crippen LogP contribution in [0, 0.1) is 0 Å². The van der Waals surface area contributed by atoms with E-state index in [0.29, 0.717) is 29.4 Å². The van der Waals surface area contributed by atoms with Crippen LogP contribution in [0.3, 0.4) is 0 Å². The summed E-state index contributed by atoms with van der Waals surface area (Å²) in [5.74, 6) is 1.99. The van der Waals surface area contributed by atoms with Crippen molar-refractivity contribution in [3.05, 3.63) is 41.5 Å². The Morgan fingerprint density at radius 3 is 2.24 bits per heavy atom. The maximum absolute atomic E-state index is 12.3. The van der Waals surface area contributed by atoms with Gasteiger partial charge in [-0.3, -0.25) is 4.79 Å². The molecule has 0 bridgehead atoms. The molecule has 2 aromatic carbocycles. The summed E-state index contributed by atoms with van der Waals surface area (Å²) in [6.07, 6.45) is 0.291. The first kappa shape index (κ1) is 17.0. The van der Waals surface area contributed by atoms with Gasteiger partial charge >= 0.3 is 0 Å². The molecule has 0 saturated carbocycles. The van der Waals surface area contributed by atoms with E-state index in [2.05, 4.69) is 5.32 Å². The fourth-order valence-corrected chi connectivity index (χ4v) is 3.34. The molecule has 3 rings (SSSR count). The van der Waals surface area contributed by atoms with Crippen LogP contribution in [0.5, 0.6) is 23.0 Å². The smallest absolute Gasteiger partial charge is 0.225 e. The molecular formula is C19H21NO5. The molecule has 25 heavy (non-hydrogen) atoms. The SMILES string of the molecule is COc1ccccc1C1CC(=O)Nc2cc(OC)c(OC)c(OC)c21. The van der Waals surface area contributed by atoms with E-state index in [4.69, 9.17) is 18.9 Å². The summed E-state index contributed by atoms with van der Waals surface area (Å²) in [5, 5.41) is 2.90. The van der Waals surface area contributed by atoms with Gasteiger partial charge in [-0.25, -0.2) is 0 Å². The van der Waals surface area contributed by atoms with Crippen LogP contribution in [0.4, 0.5) is 5.69 Å². The summed E-state index contributed by atoms with van der Waals surface area (Å²) >= 11 is 0. The molecule has 0 fully saturated rings. The van der Waals surface area contributed by atoms with Crippen molar-refractivity contribution in [2.24, 2.45) is 0 Å². The molecule has 1 aliphatic rings. The Morgan fingerprint density at radius 1 is 0.920 bits per heavy atom. The van der Waals surface area contributed by atoms with Crippen LogP contribution in [-0.4, -0.2) is 34.3 Å². The quantitative estimate of drug-likeness (QED) is 0.903. The standard InChI is InChI=1S/C19H21NO5/c1-22-14-8-6-5-7-11(14)12-9-16(21)20-13-10-15(23-2)18(24-3)19(25-4)17(12)13/h5-8,10,12H,9H2,1-4H3,(H,20,21). The largest absolute Gasteiger partial charge is 0.496 e. The van der Waals surface area contributed by atoms with Crippen LogP contribution in [0.25, 0.3) is 0 Å². The summed E-state index contributed by atoms with van der Waals surface area (Å²) in [7, 11) is 6.31. The van der Waals surface area contributed by atoms with Crippen LogP contribution < -0.4 is 24.3 Å². The zero-order valence-electron chi connectivity index (χ0n) is 14.7. The van der Waals surface area contributed by atoms with E-state index in [1.165, 1.54) is 0 Å². The Hall–Kier alpha value is -2.89. The molecule has 6 nitrogen and oxygen atoms in total. The monoisotopic (exact) mass is 343 g/mol. The van der Waals surface area contributed by atoms with Gasteiger partial charge in [0.15, 0.2) is 11.5 Å². The topological polar surface area (TPSA) is 66.0 Å². The third kappa shape index (κ3) is 2.84. The molecule has 1 atom stereocenters. The Kier molecular flexibility index (Phi) is 4.70. The molecule has 0 spiro atoms. The van der Waals surface area contributed by atoms with Gasteiger partial charge in [-0.05, 0) is 6.07 Å². The molecular weight excluding hydrogens is 322 g/mol. The lowest BCUT2D eigenvalue weighted by Gasteiger charge is -2.30. The Balaban J connectivity index is 2.28. The van der Waals surface area contributed by atoms with Gasteiger partial charge in [0, 0.05) is 29.5 Å². The number of carbonyl (C=O) groups excluding carboxylic acids is 1. The lowest BCUT2D eigenvalue weighted by molar-refractivity contribution is -0.116. The second-order valence-corrected chi connectivity index (χ2v) is 5.65. The summed E-state index contributed by atoms with van der Waals surface area (Å²) in [4.78, 5) is 12.3. The van der Waals surface area contributed by atoms with Crippen molar-refractivity contribution in [2.75, 3.05) is 33.8 Å². The molecule has 0 aromatic heterocycles. The third-order valence-electron chi connectivity index (χ3n) is 4.39. The highest BCUT2D eigenvalue weighted by Gasteiger charge is 2.34. The van der Waals surface area contributed by atoms with Gasteiger partial charge in [0.2, 0.25) is 11.7 Å². The number of methoxy groups -OCH3 is 4. The summed E-state index contributed by atoms with van der Waals surface area (Å²) < 4.78 is 22.0. The average molecular weight is 343 g/mol. The van der Waals surface area contributed by atoms with E-state index in [0.717, 1.165) is 16.9 Å². The third-order valence-corrected chi connectivity index (χ3v) is 4.39. The Bertz CT molecular complexity index is 803. The maximum Gasteiger partial charge on any atom is 0.225 e. The molecule has 0 saturated heterocycles. The van der Waals surface area contributed by atoms with Crippen LogP contribution >= 0.6 is 0 Å². The number of rotatable bonds is 5. The molecule has 1 aliphatic heterocycles. The molecule has 132 valence electrons. The van der Waals surface area contributed by atoms with Crippen LogP contribution in [-0.2, 0) is 4.79 Å². The van der Waals surface area contributed by atoms with Gasteiger partial charge in [-0.15, -0.1) is 0 Å². The normalized spacial score (nSPS) is 15.8. The number of ether oxygens (including phenoxy) is 4. The van der Waals surface area contributed by atoms with Crippen molar-refractivity contribution in [1.29, 1.82) is 0 Å². The Labute approximate surface area is 146 Å². The number of nitrogens with one attached hydrogen (secondary N) is 1. The van der Waals surface area contributed by atoms with E-state index in [1.54, 1.807) is 34.5 Å². The lowest BCUT2D eigenvalue weighted by atomic mass is 9.83. The van der Waals surface area contributed by atoms with Gasteiger partial charge in [0.1, 0.15) is 5.75 Å². The van der Waals surface area contributed by atoms with E-state index in [1.807, 2.05) is 24.3 Å². The molecule has 1 unspecified atom stereocenters. The minimum Gasteiger partial charge on any atom is -0.496 e. The van der Waals surface area contributed by atoms with Gasteiger partial charge in [0.25, 0.3) is 0 Å².